The van der Waals surface area contributed by atoms with Crippen molar-refractivity contribution in [3.8, 4) is 0 Å². The van der Waals surface area contributed by atoms with Crippen molar-refractivity contribution in [3.63, 3.8) is 0 Å². The molecule has 1 rings (SSSR count). The fourth-order valence-corrected chi connectivity index (χ4v) is 1.94. The molecule has 3 heteroatoms. The molecule has 0 bridgehead atoms. The Balaban J connectivity index is 2.67. The molecule has 1 aromatic heterocycles. The van der Waals surface area contributed by atoms with Gasteiger partial charge in [-0.25, -0.2) is 0 Å². The smallest absolute Gasteiger partial charge is 0.135 e. The quantitative estimate of drug-likeness (QED) is 0.741. The van der Waals surface area contributed by atoms with Crippen molar-refractivity contribution in [1.82, 2.24) is 9.78 Å². The first kappa shape index (κ1) is 12.9. The van der Waals surface area contributed by atoms with E-state index in [4.69, 9.17) is 0 Å². The van der Waals surface area contributed by atoms with Crippen LogP contribution in [0.1, 0.15) is 45.0 Å². The molecule has 0 aliphatic carbocycles. The van der Waals surface area contributed by atoms with Gasteiger partial charge in [-0.1, -0.05) is 27.2 Å². The molecule has 0 aliphatic rings. The van der Waals surface area contributed by atoms with Gasteiger partial charge in [-0.05, 0) is 12.5 Å². The summed E-state index contributed by atoms with van der Waals surface area (Å²) >= 11 is 0. The maximum Gasteiger partial charge on any atom is 0.135 e. The molecule has 0 saturated carbocycles. The number of Topliss-reactive ketones (excluding diaryl/α,β-unsaturated/α-hetero) is 1. The minimum absolute atomic E-state index is 0.0920. The number of hydrogen-bond donors (Lipinski definition) is 0. The number of nitrogens with zero attached hydrogens (tertiary/aromatic N) is 2. The van der Waals surface area contributed by atoms with Crippen LogP contribution in [0.2, 0.25) is 0 Å². The van der Waals surface area contributed by atoms with Gasteiger partial charge in [0.15, 0.2) is 0 Å². The van der Waals surface area contributed by atoms with E-state index in [0.29, 0.717) is 12.2 Å². The van der Waals surface area contributed by atoms with Crippen LogP contribution < -0.4 is 0 Å². The molecule has 0 aliphatic heterocycles. The molecule has 3 nitrogen and oxygen atoms in total. The van der Waals surface area contributed by atoms with Crippen molar-refractivity contribution in [2.45, 2.75) is 46.5 Å². The highest BCUT2D eigenvalue weighted by molar-refractivity contribution is 5.80. The Morgan fingerprint density at radius 1 is 1.50 bits per heavy atom. The molecular weight excluding hydrogens is 200 g/mol. The zero-order valence-electron chi connectivity index (χ0n) is 10.8. The van der Waals surface area contributed by atoms with Crippen LogP contribution in [0.25, 0.3) is 0 Å². The van der Waals surface area contributed by atoms with Crippen LogP contribution in [0.15, 0.2) is 6.07 Å². The molecule has 1 aromatic rings. The number of rotatable bonds is 6. The van der Waals surface area contributed by atoms with Crippen LogP contribution in [0.5, 0.6) is 0 Å². The average Bonchev–Trinajstić information content (AvgIpc) is 2.58. The van der Waals surface area contributed by atoms with E-state index >= 15 is 0 Å². The number of ketones is 1. The molecule has 1 atom stereocenters. The molecule has 0 spiro atoms. The number of carbonyl (C=O) groups is 1. The topological polar surface area (TPSA) is 34.9 Å². The second kappa shape index (κ2) is 5.83. The lowest BCUT2D eigenvalue weighted by Crippen LogP contribution is -2.12. The molecule has 1 heterocycles. The Morgan fingerprint density at radius 2 is 2.19 bits per heavy atom. The van der Waals surface area contributed by atoms with E-state index in [-0.39, 0.29) is 5.92 Å². The summed E-state index contributed by atoms with van der Waals surface area (Å²) in [4.78, 5) is 11.5. The molecule has 0 aromatic carbocycles. The molecule has 0 saturated heterocycles. The first-order valence-electron chi connectivity index (χ1n) is 6.13. The maximum atomic E-state index is 11.5. The lowest BCUT2D eigenvalue weighted by atomic mass is 9.99. The minimum Gasteiger partial charge on any atom is -0.299 e. The van der Waals surface area contributed by atoms with Crippen LogP contribution in [0.3, 0.4) is 0 Å². The fraction of sp³-hybridized carbons (Fsp3) is 0.692. The van der Waals surface area contributed by atoms with Crippen LogP contribution in [-0.2, 0) is 24.7 Å². The van der Waals surface area contributed by atoms with Gasteiger partial charge in [0.1, 0.15) is 5.78 Å². The third-order valence-electron chi connectivity index (χ3n) is 2.95. The Hall–Kier alpha value is -1.12. The van der Waals surface area contributed by atoms with E-state index in [2.05, 4.69) is 18.1 Å². The van der Waals surface area contributed by atoms with Crippen LogP contribution in [0.4, 0.5) is 0 Å². The number of carbonyl (C=O) groups excluding carboxylic acids is 1. The average molecular weight is 222 g/mol. The summed E-state index contributed by atoms with van der Waals surface area (Å²) in [7, 11) is 1.97. The molecule has 0 N–H and O–H groups in total. The second-order valence-corrected chi connectivity index (χ2v) is 4.43. The third kappa shape index (κ3) is 3.19. The van der Waals surface area contributed by atoms with Crippen molar-refractivity contribution < 1.29 is 4.79 Å². The molecule has 16 heavy (non-hydrogen) atoms. The summed E-state index contributed by atoms with van der Waals surface area (Å²) in [6.45, 7) is 6.07. The van der Waals surface area contributed by atoms with Gasteiger partial charge < -0.3 is 0 Å². The van der Waals surface area contributed by atoms with Gasteiger partial charge in [-0.15, -0.1) is 0 Å². The van der Waals surface area contributed by atoms with Crippen LogP contribution in [0, 0.1) is 5.92 Å². The highest BCUT2D eigenvalue weighted by atomic mass is 16.1. The maximum absolute atomic E-state index is 11.5. The van der Waals surface area contributed by atoms with Crippen molar-refractivity contribution in [3.05, 3.63) is 17.5 Å². The van der Waals surface area contributed by atoms with Crippen LogP contribution >= 0.6 is 0 Å². The first-order chi connectivity index (χ1) is 7.58. The highest BCUT2D eigenvalue weighted by Crippen LogP contribution is 2.12. The van der Waals surface area contributed by atoms with Gasteiger partial charge in [-0.3, -0.25) is 9.48 Å². The van der Waals surface area contributed by atoms with Crippen LogP contribution in [-0.4, -0.2) is 15.6 Å². The number of hydrogen-bond acceptors (Lipinski definition) is 2. The zero-order valence-corrected chi connectivity index (χ0v) is 10.8. The summed E-state index contributed by atoms with van der Waals surface area (Å²) in [5.74, 6) is 0.414. The van der Waals surface area contributed by atoms with Gasteiger partial charge in [0.2, 0.25) is 0 Å². The summed E-state index contributed by atoms with van der Waals surface area (Å²) in [5, 5.41) is 4.45. The normalized spacial score (nSPS) is 12.8. The Labute approximate surface area is 97.8 Å². The second-order valence-electron chi connectivity index (χ2n) is 4.43. The molecule has 1 unspecified atom stereocenters. The highest BCUT2D eigenvalue weighted by Gasteiger charge is 2.14. The van der Waals surface area contributed by atoms with E-state index in [1.54, 1.807) is 0 Å². The van der Waals surface area contributed by atoms with Crippen molar-refractivity contribution in [2.75, 3.05) is 0 Å². The zero-order chi connectivity index (χ0) is 12.1. The largest absolute Gasteiger partial charge is 0.299 e. The predicted octanol–water partition coefficient (Wildman–Crippen LogP) is 2.53. The monoisotopic (exact) mass is 222 g/mol. The van der Waals surface area contributed by atoms with E-state index in [1.807, 2.05) is 25.6 Å². The van der Waals surface area contributed by atoms with E-state index in [0.717, 1.165) is 25.0 Å². The standard InChI is InChI=1S/C13H22N2O/c1-5-7-12-9-11(14-15(12)4)8-10(3)13(16)6-2/h9-10H,5-8H2,1-4H3. The van der Waals surface area contributed by atoms with Gasteiger partial charge in [0.25, 0.3) is 0 Å². The summed E-state index contributed by atoms with van der Waals surface area (Å²) in [6, 6.07) is 2.13. The summed E-state index contributed by atoms with van der Waals surface area (Å²) in [5.41, 5.74) is 2.30. The summed E-state index contributed by atoms with van der Waals surface area (Å²) < 4.78 is 1.93. The predicted molar refractivity (Wildman–Crippen MR) is 65.4 cm³/mol. The van der Waals surface area contributed by atoms with Gasteiger partial charge in [-0.2, -0.15) is 5.10 Å². The number of aromatic nitrogens is 2. The van der Waals surface area contributed by atoms with Crippen molar-refractivity contribution >= 4 is 5.78 Å². The number of aryl methyl sites for hydroxylation is 2. The Kier molecular flexibility index (Phi) is 4.71. The molecule has 0 amide bonds. The molecular formula is C13H22N2O. The minimum atomic E-state index is 0.0920. The van der Waals surface area contributed by atoms with E-state index < -0.39 is 0 Å². The van der Waals surface area contributed by atoms with Gasteiger partial charge in [0, 0.05) is 31.5 Å². The first-order valence-corrected chi connectivity index (χ1v) is 6.13. The Bertz CT molecular complexity index is 355. The van der Waals surface area contributed by atoms with Crippen molar-refractivity contribution in [2.24, 2.45) is 13.0 Å². The SMILES string of the molecule is CCCc1cc(CC(C)C(=O)CC)nn1C. The van der Waals surface area contributed by atoms with E-state index in [9.17, 15) is 4.79 Å². The summed E-state index contributed by atoms with van der Waals surface area (Å²) in [6.07, 6.45) is 3.57. The third-order valence-corrected chi connectivity index (χ3v) is 2.95. The lowest BCUT2D eigenvalue weighted by Gasteiger charge is -2.05. The lowest BCUT2D eigenvalue weighted by molar-refractivity contribution is -0.122. The van der Waals surface area contributed by atoms with Gasteiger partial charge >= 0.3 is 0 Å². The Morgan fingerprint density at radius 3 is 2.75 bits per heavy atom. The fourth-order valence-electron chi connectivity index (χ4n) is 1.94. The van der Waals surface area contributed by atoms with Crippen molar-refractivity contribution in [1.29, 1.82) is 0 Å². The molecule has 90 valence electrons. The molecule has 0 fully saturated rings. The molecule has 0 radical (unpaired) electrons. The van der Waals surface area contributed by atoms with E-state index in [1.165, 1.54) is 5.69 Å². The van der Waals surface area contributed by atoms with Gasteiger partial charge in [0.05, 0.1) is 5.69 Å².